The molecule has 0 spiro atoms. The molecule has 1 aliphatic rings. The molecule has 1 aromatic rings. The van der Waals surface area contributed by atoms with Crippen molar-refractivity contribution >= 4 is 5.82 Å². The van der Waals surface area contributed by atoms with Crippen LogP contribution < -0.4 is 15.0 Å². The number of methoxy groups -OCH3 is 2. The Morgan fingerprint density at radius 1 is 1.42 bits per heavy atom. The average molecular weight is 265 g/mol. The molecule has 2 heterocycles. The largest absolute Gasteiger partial charge is 0.481 e. The summed E-state index contributed by atoms with van der Waals surface area (Å²) in [6, 6.07) is 6.41. The molecule has 2 rings (SSSR count). The Bertz CT molecular complexity index is 381. The molecule has 1 fully saturated rings. The van der Waals surface area contributed by atoms with Gasteiger partial charge in [0.25, 0.3) is 0 Å². The van der Waals surface area contributed by atoms with Gasteiger partial charge in [-0.1, -0.05) is 6.07 Å². The summed E-state index contributed by atoms with van der Waals surface area (Å²) >= 11 is 0. The molecule has 1 aromatic heterocycles. The Balaban J connectivity index is 2.05. The van der Waals surface area contributed by atoms with Crippen molar-refractivity contribution in [3.63, 3.8) is 0 Å². The van der Waals surface area contributed by atoms with Crippen molar-refractivity contribution in [2.24, 2.45) is 0 Å². The predicted octanol–water partition coefficient (Wildman–Crippen LogP) is 1.29. The molecular weight excluding hydrogens is 242 g/mol. The Kier molecular flexibility index (Phi) is 5.42. The van der Waals surface area contributed by atoms with E-state index in [1.807, 2.05) is 18.2 Å². The monoisotopic (exact) mass is 265 g/mol. The molecule has 5 nitrogen and oxygen atoms in total. The second kappa shape index (κ2) is 7.31. The summed E-state index contributed by atoms with van der Waals surface area (Å²) in [6.45, 7) is 3.62. The highest BCUT2D eigenvalue weighted by atomic mass is 16.5. The van der Waals surface area contributed by atoms with Crippen LogP contribution in [0.1, 0.15) is 12.8 Å². The minimum absolute atomic E-state index is 0.546. The molecule has 0 radical (unpaired) electrons. The maximum absolute atomic E-state index is 5.19. The number of anilines is 1. The smallest absolute Gasteiger partial charge is 0.214 e. The van der Waals surface area contributed by atoms with Crippen LogP contribution >= 0.6 is 0 Å². The lowest BCUT2D eigenvalue weighted by molar-refractivity contribution is 0.204. The molecular formula is C14H23N3O2. The predicted molar refractivity (Wildman–Crippen MR) is 75.9 cm³/mol. The molecule has 106 valence electrons. The van der Waals surface area contributed by atoms with Crippen LogP contribution in [0.4, 0.5) is 5.82 Å². The molecule has 19 heavy (non-hydrogen) atoms. The van der Waals surface area contributed by atoms with E-state index in [1.54, 1.807) is 14.2 Å². The Labute approximate surface area is 114 Å². The van der Waals surface area contributed by atoms with E-state index in [-0.39, 0.29) is 0 Å². The topological polar surface area (TPSA) is 46.6 Å². The van der Waals surface area contributed by atoms with Gasteiger partial charge in [0.05, 0.1) is 13.7 Å². The first kappa shape index (κ1) is 14.1. The third-order valence-electron chi connectivity index (χ3n) is 3.41. The Morgan fingerprint density at radius 2 is 2.32 bits per heavy atom. The normalized spacial score (nSPS) is 18.5. The van der Waals surface area contributed by atoms with Crippen molar-refractivity contribution in [1.82, 2.24) is 10.3 Å². The summed E-state index contributed by atoms with van der Waals surface area (Å²) in [5.74, 6) is 1.60. The van der Waals surface area contributed by atoms with Gasteiger partial charge < -0.3 is 19.7 Å². The molecule has 0 amide bonds. The zero-order valence-corrected chi connectivity index (χ0v) is 11.8. The summed E-state index contributed by atoms with van der Waals surface area (Å²) < 4.78 is 10.4. The highest BCUT2D eigenvalue weighted by molar-refractivity contribution is 5.41. The van der Waals surface area contributed by atoms with Gasteiger partial charge in [-0.3, -0.25) is 0 Å². The van der Waals surface area contributed by atoms with Gasteiger partial charge in [0.15, 0.2) is 0 Å². The summed E-state index contributed by atoms with van der Waals surface area (Å²) in [6.07, 6.45) is 2.49. The first-order chi connectivity index (χ1) is 9.33. The molecule has 1 aliphatic heterocycles. The number of pyridine rings is 1. The highest BCUT2D eigenvalue weighted by Crippen LogP contribution is 2.17. The lowest BCUT2D eigenvalue weighted by Gasteiger charge is -2.26. The van der Waals surface area contributed by atoms with Crippen LogP contribution in [0.15, 0.2) is 18.2 Å². The molecule has 1 unspecified atom stereocenters. The molecule has 5 heteroatoms. The lowest BCUT2D eigenvalue weighted by atomic mass is 10.2. The van der Waals surface area contributed by atoms with Gasteiger partial charge in [-0.05, 0) is 25.5 Å². The molecule has 1 N–H and O–H groups in total. The van der Waals surface area contributed by atoms with Crippen LogP contribution in [0.5, 0.6) is 5.88 Å². The fraction of sp³-hybridized carbons (Fsp3) is 0.643. The van der Waals surface area contributed by atoms with Gasteiger partial charge in [-0.25, -0.2) is 0 Å². The maximum atomic E-state index is 5.19. The summed E-state index contributed by atoms with van der Waals surface area (Å²) in [5, 5.41) is 3.52. The first-order valence-corrected chi connectivity index (χ1v) is 6.82. The SMILES string of the molecule is COCCN(CC1CCCN1)c1cccc(OC)n1. The number of aromatic nitrogens is 1. The van der Waals surface area contributed by atoms with Crippen molar-refractivity contribution in [2.75, 3.05) is 45.4 Å². The minimum Gasteiger partial charge on any atom is -0.481 e. The lowest BCUT2D eigenvalue weighted by Crippen LogP contribution is -2.39. The van der Waals surface area contributed by atoms with Gasteiger partial charge in [-0.15, -0.1) is 0 Å². The minimum atomic E-state index is 0.546. The first-order valence-electron chi connectivity index (χ1n) is 6.82. The van der Waals surface area contributed by atoms with E-state index in [2.05, 4.69) is 15.2 Å². The highest BCUT2D eigenvalue weighted by Gasteiger charge is 2.19. The van der Waals surface area contributed by atoms with Crippen molar-refractivity contribution in [2.45, 2.75) is 18.9 Å². The van der Waals surface area contributed by atoms with Crippen molar-refractivity contribution < 1.29 is 9.47 Å². The van der Waals surface area contributed by atoms with Crippen molar-refractivity contribution in [3.05, 3.63) is 18.2 Å². The second-order valence-corrected chi connectivity index (χ2v) is 4.77. The van der Waals surface area contributed by atoms with E-state index in [0.717, 1.165) is 25.5 Å². The molecule has 0 aromatic carbocycles. The third kappa shape index (κ3) is 4.08. The molecule has 1 saturated heterocycles. The number of nitrogens with one attached hydrogen (secondary N) is 1. The molecule has 1 atom stereocenters. The second-order valence-electron chi connectivity index (χ2n) is 4.77. The summed E-state index contributed by atoms with van der Waals surface area (Å²) in [4.78, 5) is 6.77. The van der Waals surface area contributed by atoms with E-state index in [1.165, 1.54) is 12.8 Å². The van der Waals surface area contributed by atoms with Crippen molar-refractivity contribution in [3.8, 4) is 5.88 Å². The Hall–Kier alpha value is -1.33. The standard InChI is InChI=1S/C14H23N3O2/c1-18-10-9-17(11-12-5-4-8-15-12)13-6-3-7-14(16-13)19-2/h3,6-7,12,15H,4-5,8-11H2,1-2H3. The van der Waals surface area contributed by atoms with E-state index < -0.39 is 0 Å². The van der Waals surface area contributed by atoms with E-state index >= 15 is 0 Å². The molecule has 0 bridgehead atoms. The molecule has 0 aliphatic carbocycles. The van der Waals surface area contributed by atoms with Gasteiger partial charge >= 0.3 is 0 Å². The summed E-state index contributed by atoms with van der Waals surface area (Å²) in [5.41, 5.74) is 0. The molecule has 0 saturated carbocycles. The van der Waals surface area contributed by atoms with Crippen LogP contribution in [0.2, 0.25) is 0 Å². The van der Waals surface area contributed by atoms with E-state index in [4.69, 9.17) is 9.47 Å². The van der Waals surface area contributed by atoms with Gasteiger partial charge in [0, 0.05) is 32.3 Å². The number of hydrogen-bond donors (Lipinski definition) is 1. The third-order valence-corrected chi connectivity index (χ3v) is 3.41. The van der Waals surface area contributed by atoms with Crippen LogP contribution in [-0.2, 0) is 4.74 Å². The van der Waals surface area contributed by atoms with Crippen molar-refractivity contribution in [1.29, 1.82) is 0 Å². The fourth-order valence-electron chi connectivity index (χ4n) is 2.37. The van der Waals surface area contributed by atoms with Gasteiger partial charge in [0.2, 0.25) is 5.88 Å². The quantitative estimate of drug-likeness (QED) is 0.805. The number of rotatable bonds is 7. The average Bonchev–Trinajstić information content (AvgIpc) is 2.96. The number of hydrogen-bond acceptors (Lipinski definition) is 5. The van der Waals surface area contributed by atoms with E-state index in [9.17, 15) is 0 Å². The van der Waals surface area contributed by atoms with Crippen LogP contribution in [0, 0.1) is 0 Å². The van der Waals surface area contributed by atoms with E-state index in [0.29, 0.717) is 18.5 Å². The fourth-order valence-corrected chi connectivity index (χ4v) is 2.37. The zero-order valence-electron chi connectivity index (χ0n) is 11.8. The number of nitrogens with zero attached hydrogens (tertiary/aromatic N) is 2. The van der Waals surface area contributed by atoms with Gasteiger partial charge in [-0.2, -0.15) is 4.98 Å². The Morgan fingerprint density at radius 3 is 3.00 bits per heavy atom. The van der Waals surface area contributed by atoms with Crippen LogP contribution in [-0.4, -0.2) is 51.5 Å². The maximum Gasteiger partial charge on any atom is 0.214 e. The van der Waals surface area contributed by atoms with Crippen LogP contribution in [0.25, 0.3) is 0 Å². The van der Waals surface area contributed by atoms with Gasteiger partial charge in [0.1, 0.15) is 5.82 Å². The zero-order chi connectivity index (χ0) is 13.5. The summed E-state index contributed by atoms with van der Waals surface area (Å²) in [7, 11) is 3.37. The number of ether oxygens (including phenoxy) is 2. The van der Waals surface area contributed by atoms with Crippen LogP contribution in [0.3, 0.4) is 0 Å².